The van der Waals surface area contributed by atoms with E-state index in [0.717, 1.165) is 29.2 Å². The maximum absolute atomic E-state index is 14.1. The quantitative estimate of drug-likeness (QED) is 0.132. The first-order valence-electron chi connectivity index (χ1n) is 10.1. The van der Waals surface area contributed by atoms with Gasteiger partial charge in [-0.25, -0.2) is 4.39 Å². The van der Waals surface area contributed by atoms with Crippen molar-refractivity contribution in [2.24, 2.45) is 0 Å². The molecule has 190 valence electrons. The molecule has 37 heavy (non-hydrogen) atoms. The molecule has 0 aliphatic carbocycles. The third-order valence-electron chi connectivity index (χ3n) is 5.04. The molecule has 0 bridgehead atoms. The van der Waals surface area contributed by atoms with Crippen LogP contribution in [0.2, 0.25) is 5.02 Å². The number of amides is 2. The predicted octanol–water partition coefficient (Wildman–Crippen LogP) is 6.15. The molecule has 2 amide bonds. The second-order valence-electron chi connectivity index (χ2n) is 7.45. The number of nitro groups is 1. The molecule has 0 radical (unpaired) electrons. The molecule has 3 aromatic carbocycles. The highest BCUT2D eigenvalue weighted by Crippen LogP contribution is 2.36. The van der Waals surface area contributed by atoms with Crippen LogP contribution in [-0.4, -0.2) is 29.4 Å². The number of nitrogens with zero attached hydrogens (tertiary/aromatic N) is 2. The fraction of sp³-hybridized carbons (Fsp3) is 0.0435. The molecule has 0 aromatic heterocycles. The van der Waals surface area contributed by atoms with Crippen molar-refractivity contribution >= 4 is 72.3 Å². The largest absolute Gasteiger partial charge is 0.378 e. The van der Waals surface area contributed by atoms with Crippen LogP contribution in [0.5, 0.6) is 5.75 Å². The zero-order valence-corrected chi connectivity index (χ0v) is 22.2. The minimum absolute atomic E-state index is 0.0196. The Bertz CT molecular complexity index is 1560. The molecule has 0 atom stereocenters. The summed E-state index contributed by atoms with van der Waals surface area (Å²) in [7, 11) is -4.29. The summed E-state index contributed by atoms with van der Waals surface area (Å²) in [4.78, 5) is 36.0. The Morgan fingerprint density at radius 3 is 2.46 bits per heavy atom. The monoisotopic (exact) mass is 626 g/mol. The van der Waals surface area contributed by atoms with Crippen molar-refractivity contribution in [3.63, 3.8) is 0 Å². The van der Waals surface area contributed by atoms with Crippen LogP contribution in [0.15, 0.2) is 74.9 Å². The summed E-state index contributed by atoms with van der Waals surface area (Å²) < 4.78 is 44.6. The Labute approximate surface area is 227 Å². The molecule has 0 N–H and O–H groups in total. The molecule has 1 saturated heterocycles. The van der Waals surface area contributed by atoms with Crippen LogP contribution >= 0.6 is 39.3 Å². The fourth-order valence-corrected chi connectivity index (χ4v) is 5.80. The van der Waals surface area contributed by atoms with Gasteiger partial charge in [0.25, 0.3) is 16.8 Å². The van der Waals surface area contributed by atoms with Gasteiger partial charge in [0.15, 0.2) is 5.75 Å². The molecule has 0 saturated carbocycles. The van der Waals surface area contributed by atoms with Gasteiger partial charge in [0.2, 0.25) is 0 Å². The van der Waals surface area contributed by atoms with Crippen LogP contribution in [0.3, 0.4) is 0 Å². The van der Waals surface area contributed by atoms with Crippen molar-refractivity contribution in [3.05, 3.63) is 102 Å². The third-order valence-corrected chi connectivity index (χ3v) is 8.17. The van der Waals surface area contributed by atoms with Crippen LogP contribution < -0.4 is 4.18 Å². The SMILES string of the molecule is O=C1S/C(=C\c2ccc(OS(=O)(=O)c3ccc([N+](=O)[O-])cc3)c(Br)c2)C(=O)N1Cc1c(F)cccc1Cl. The average Bonchev–Trinajstić information content (AvgIpc) is 3.10. The highest BCUT2D eigenvalue weighted by Gasteiger charge is 2.36. The number of non-ortho nitro benzene ring substituents is 1. The second-order valence-corrected chi connectivity index (χ2v) is 11.2. The number of rotatable bonds is 7. The maximum Gasteiger partial charge on any atom is 0.339 e. The molecule has 1 fully saturated rings. The Kier molecular flexibility index (Phi) is 7.69. The van der Waals surface area contributed by atoms with Crippen molar-refractivity contribution in [2.75, 3.05) is 0 Å². The first-order chi connectivity index (χ1) is 17.5. The zero-order valence-electron chi connectivity index (χ0n) is 18.3. The van der Waals surface area contributed by atoms with Gasteiger partial charge >= 0.3 is 10.1 Å². The number of imide groups is 1. The minimum atomic E-state index is -4.29. The number of carbonyl (C=O) groups excluding carboxylic acids is 2. The lowest BCUT2D eigenvalue weighted by Gasteiger charge is -2.14. The normalized spacial score (nSPS) is 14.9. The number of nitro benzene ring substituents is 1. The van der Waals surface area contributed by atoms with E-state index in [0.29, 0.717) is 17.3 Å². The number of hydrogen-bond acceptors (Lipinski definition) is 8. The van der Waals surface area contributed by atoms with Crippen molar-refractivity contribution in [1.82, 2.24) is 4.90 Å². The van der Waals surface area contributed by atoms with Crippen LogP contribution in [0.25, 0.3) is 6.08 Å². The summed E-state index contributed by atoms with van der Waals surface area (Å²) in [5.41, 5.74) is 0.193. The van der Waals surface area contributed by atoms with E-state index in [9.17, 15) is 32.5 Å². The number of thioether (sulfide) groups is 1. The Balaban J connectivity index is 1.52. The third kappa shape index (κ3) is 5.85. The number of benzene rings is 3. The maximum atomic E-state index is 14.1. The first-order valence-corrected chi connectivity index (χ1v) is 13.5. The summed E-state index contributed by atoms with van der Waals surface area (Å²) >= 11 is 9.90. The molecule has 1 aliphatic heterocycles. The summed E-state index contributed by atoms with van der Waals surface area (Å²) in [6.45, 7) is -0.329. The lowest BCUT2D eigenvalue weighted by atomic mass is 10.2. The topological polar surface area (TPSA) is 124 Å². The summed E-state index contributed by atoms with van der Waals surface area (Å²) in [6.07, 6.45) is 1.42. The van der Waals surface area contributed by atoms with E-state index in [4.69, 9.17) is 15.8 Å². The van der Waals surface area contributed by atoms with Gasteiger partial charge in [0.05, 0.1) is 20.8 Å². The average molecular weight is 628 g/mol. The molecule has 1 heterocycles. The van der Waals surface area contributed by atoms with Crippen molar-refractivity contribution in [2.45, 2.75) is 11.4 Å². The Morgan fingerprint density at radius 2 is 1.84 bits per heavy atom. The number of halogens is 3. The summed E-state index contributed by atoms with van der Waals surface area (Å²) in [5, 5.41) is 10.3. The van der Waals surface area contributed by atoms with E-state index in [-0.39, 0.29) is 42.8 Å². The molecule has 0 spiro atoms. The minimum Gasteiger partial charge on any atom is -0.378 e. The molecule has 4 rings (SSSR count). The smallest absolute Gasteiger partial charge is 0.339 e. The first kappa shape index (κ1) is 26.8. The van der Waals surface area contributed by atoms with E-state index in [1.54, 1.807) is 0 Å². The molecule has 1 aliphatic rings. The van der Waals surface area contributed by atoms with Crippen molar-refractivity contribution in [1.29, 1.82) is 0 Å². The van der Waals surface area contributed by atoms with Crippen LogP contribution in [0, 0.1) is 15.9 Å². The van der Waals surface area contributed by atoms with Crippen LogP contribution in [0.4, 0.5) is 14.9 Å². The molecule has 14 heteroatoms. The zero-order chi connectivity index (χ0) is 26.9. The number of hydrogen-bond donors (Lipinski definition) is 0. The van der Waals surface area contributed by atoms with Crippen LogP contribution in [-0.2, 0) is 21.5 Å². The van der Waals surface area contributed by atoms with Gasteiger partial charge in [-0.2, -0.15) is 8.42 Å². The summed E-state index contributed by atoms with van der Waals surface area (Å²) in [6, 6.07) is 12.5. The van der Waals surface area contributed by atoms with Gasteiger partial charge in [0.1, 0.15) is 10.7 Å². The van der Waals surface area contributed by atoms with E-state index >= 15 is 0 Å². The van der Waals surface area contributed by atoms with E-state index in [1.165, 1.54) is 42.5 Å². The predicted molar refractivity (Wildman–Crippen MR) is 138 cm³/mol. The molecule has 9 nitrogen and oxygen atoms in total. The Morgan fingerprint density at radius 1 is 1.14 bits per heavy atom. The van der Waals surface area contributed by atoms with Gasteiger partial charge in [-0.15, -0.1) is 0 Å². The summed E-state index contributed by atoms with van der Waals surface area (Å²) in [5.74, 6) is -1.34. The standard InChI is InChI=1S/C23H13BrClFN2O7S2/c24-17-10-13(4-9-20(17)35-37(33,34)15-7-5-14(6-8-15)28(31)32)11-21-22(29)27(23(30)36-21)12-16-18(25)2-1-3-19(16)26/h1-11H,12H2/b21-11-. The molecular weight excluding hydrogens is 615 g/mol. The fourth-order valence-electron chi connectivity index (χ4n) is 3.20. The number of carbonyl (C=O) groups is 2. The Hall–Kier alpha value is -3.26. The van der Waals surface area contributed by atoms with Gasteiger partial charge in [-0.3, -0.25) is 24.6 Å². The lowest BCUT2D eigenvalue weighted by Crippen LogP contribution is -2.28. The highest BCUT2D eigenvalue weighted by molar-refractivity contribution is 9.10. The van der Waals surface area contributed by atoms with Gasteiger partial charge < -0.3 is 4.18 Å². The molecule has 0 unspecified atom stereocenters. The second kappa shape index (κ2) is 10.6. The van der Waals surface area contributed by atoms with E-state index in [2.05, 4.69) is 15.9 Å². The van der Waals surface area contributed by atoms with Gasteiger partial charge in [-0.1, -0.05) is 23.7 Å². The van der Waals surface area contributed by atoms with Crippen molar-refractivity contribution < 1.29 is 31.5 Å². The van der Waals surface area contributed by atoms with E-state index in [1.807, 2.05) is 0 Å². The molecule has 3 aromatic rings. The van der Waals surface area contributed by atoms with E-state index < -0.39 is 32.0 Å². The van der Waals surface area contributed by atoms with Gasteiger partial charge in [0, 0.05) is 22.7 Å². The van der Waals surface area contributed by atoms with Crippen LogP contribution in [0.1, 0.15) is 11.1 Å². The van der Waals surface area contributed by atoms with Crippen molar-refractivity contribution in [3.8, 4) is 5.75 Å². The lowest BCUT2D eigenvalue weighted by molar-refractivity contribution is -0.384. The molecular formula is C23H13BrClFN2O7S2. The highest BCUT2D eigenvalue weighted by atomic mass is 79.9. The van der Waals surface area contributed by atoms with Gasteiger partial charge in [-0.05, 0) is 75.7 Å².